The summed E-state index contributed by atoms with van der Waals surface area (Å²) in [6, 6.07) is 20.0. The second-order valence-corrected chi connectivity index (χ2v) is 12.0. The molecule has 1 saturated heterocycles. The Labute approximate surface area is 237 Å². The highest BCUT2D eigenvalue weighted by molar-refractivity contribution is 8.00. The van der Waals surface area contributed by atoms with E-state index in [4.69, 9.17) is 21.1 Å². The zero-order chi connectivity index (χ0) is 27.3. The van der Waals surface area contributed by atoms with Crippen LogP contribution >= 0.6 is 34.7 Å². The fourth-order valence-electron chi connectivity index (χ4n) is 5.16. The molecule has 1 aromatic heterocycles. The summed E-state index contributed by atoms with van der Waals surface area (Å²) in [7, 11) is 1.56. The maximum Gasteiger partial charge on any atom is 0.305 e. The van der Waals surface area contributed by atoms with Crippen LogP contribution in [-0.2, 0) is 16.2 Å². The maximum absolute atomic E-state index is 14.0. The first-order valence-corrected chi connectivity index (χ1v) is 14.3. The molecular weight excluding hydrogens is 556 g/mol. The SMILES string of the molecule is COc1ccc(N2C(=O)[C@H]3[C@H](c4cc(Cl)ccc4OCc4ccccc4C)c4sc(=O)[nH]c4S[C@H]3C2=O)cc1. The molecule has 1 N–H and O–H groups in total. The number of amides is 2. The van der Waals surface area contributed by atoms with Gasteiger partial charge in [0.15, 0.2) is 0 Å². The van der Waals surface area contributed by atoms with Crippen LogP contribution in [0.1, 0.15) is 27.5 Å². The molecule has 3 aromatic carbocycles. The van der Waals surface area contributed by atoms with Crippen molar-refractivity contribution >= 4 is 52.2 Å². The summed E-state index contributed by atoms with van der Waals surface area (Å²) in [6.07, 6.45) is 0. The number of carbonyl (C=O) groups is 2. The van der Waals surface area contributed by atoms with Crippen LogP contribution in [-0.4, -0.2) is 29.2 Å². The van der Waals surface area contributed by atoms with Crippen molar-refractivity contribution in [3.05, 3.63) is 103 Å². The van der Waals surface area contributed by atoms with E-state index in [0.29, 0.717) is 44.3 Å². The van der Waals surface area contributed by atoms with Crippen LogP contribution in [0, 0.1) is 12.8 Å². The quantitative estimate of drug-likeness (QED) is 0.292. The molecule has 2 aliphatic rings. The average molecular weight is 579 g/mol. The molecule has 4 aromatic rings. The zero-order valence-electron chi connectivity index (χ0n) is 21.0. The monoisotopic (exact) mass is 578 g/mol. The normalized spacial score (nSPS) is 20.1. The molecule has 7 nitrogen and oxygen atoms in total. The van der Waals surface area contributed by atoms with Crippen LogP contribution < -0.4 is 19.2 Å². The minimum atomic E-state index is -0.747. The third kappa shape index (κ3) is 4.54. The molecule has 39 heavy (non-hydrogen) atoms. The molecule has 0 spiro atoms. The minimum absolute atomic E-state index is 0.242. The molecule has 0 saturated carbocycles. The molecule has 3 heterocycles. The first-order valence-electron chi connectivity index (χ1n) is 12.2. The van der Waals surface area contributed by atoms with Crippen molar-refractivity contribution in [2.75, 3.05) is 12.0 Å². The number of anilines is 1. The third-order valence-corrected chi connectivity index (χ3v) is 9.74. The summed E-state index contributed by atoms with van der Waals surface area (Å²) < 4.78 is 11.5. The van der Waals surface area contributed by atoms with Crippen molar-refractivity contribution < 1.29 is 19.1 Å². The number of aryl methyl sites for hydroxylation is 1. The Balaban J connectivity index is 1.44. The first kappa shape index (κ1) is 25.7. The Kier molecular flexibility index (Phi) is 6.74. The van der Waals surface area contributed by atoms with E-state index < -0.39 is 17.1 Å². The van der Waals surface area contributed by atoms with Crippen molar-refractivity contribution in [2.45, 2.75) is 29.7 Å². The lowest BCUT2D eigenvalue weighted by molar-refractivity contribution is -0.122. The number of hydrogen-bond donors (Lipinski definition) is 1. The van der Waals surface area contributed by atoms with Crippen LogP contribution in [0.15, 0.2) is 76.6 Å². The van der Waals surface area contributed by atoms with Gasteiger partial charge >= 0.3 is 4.87 Å². The molecular formula is C29H23ClN2O5S2. The minimum Gasteiger partial charge on any atom is -0.497 e. The number of rotatable bonds is 6. The maximum atomic E-state index is 14.0. The fraction of sp³-hybridized carbons (Fsp3) is 0.207. The van der Waals surface area contributed by atoms with E-state index in [0.717, 1.165) is 22.5 Å². The summed E-state index contributed by atoms with van der Waals surface area (Å²) >= 11 is 8.75. The Morgan fingerprint density at radius 1 is 1.00 bits per heavy atom. The third-order valence-electron chi connectivity index (χ3n) is 7.11. The lowest BCUT2D eigenvalue weighted by Gasteiger charge is -2.31. The number of aromatic nitrogens is 1. The van der Waals surface area contributed by atoms with E-state index in [-0.39, 0.29) is 16.7 Å². The van der Waals surface area contributed by atoms with Gasteiger partial charge in [0, 0.05) is 21.4 Å². The highest BCUT2D eigenvalue weighted by Crippen LogP contribution is 2.54. The Hall–Kier alpha value is -3.53. The molecule has 0 aliphatic carbocycles. The molecule has 3 atom stereocenters. The average Bonchev–Trinajstić information content (AvgIpc) is 3.43. The van der Waals surface area contributed by atoms with Gasteiger partial charge in [-0.15, -0.1) is 0 Å². The van der Waals surface area contributed by atoms with Gasteiger partial charge in [-0.3, -0.25) is 14.4 Å². The number of H-pyrrole nitrogens is 1. The van der Waals surface area contributed by atoms with Crippen molar-refractivity contribution in [3.63, 3.8) is 0 Å². The summed E-state index contributed by atoms with van der Waals surface area (Å²) in [5, 5.41) is 0.348. The predicted molar refractivity (Wildman–Crippen MR) is 152 cm³/mol. The highest BCUT2D eigenvalue weighted by Gasteiger charge is 2.56. The summed E-state index contributed by atoms with van der Waals surface area (Å²) in [5.41, 5.74) is 3.26. The van der Waals surface area contributed by atoms with E-state index >= 15 is 0 Å². The van der Waals surface area contributed by atoms with Gasteiger partial charge in [-0.1, -0.05) is 59.0 Å². The summed E-state index contributed by atoms with van der Waals surface area (Å²) in [6.45, 7) is 2.34. The van der Waals surface area contributed by atoms with E-state index in [1.807, 2.05) is 31.2 Å². The number of ether oxygens (including phenoxy) is 2. The number of imide groups is 1. The standard InChI is InChI=1S/C29H23ClN2O5S2/c1-15-5-3-4-6-16(15)14-37-21-12-7-17(30)13-20(21)22-23-25(38-26-24(22)39-29(35)31-26)28(34)32(27(23)33)18-8-10-19(36-2)11-9-18/h3-13,22-23,25H,14H2,1-2H3,(H,31,35)/t22-,23-,25+/m0/s1. The number of thioether (sulfide) groups is 1. The van der Waals surface area contributed by atoms with Gasteiger partial charge in [0.2, 0.25) is 11.8 Å². The van der Waals surface area contributed by atoms with E-state index in [1.54, 1.807) is 49.6 Å². The Bertz CT molecular complexity index is 1650. The molecule has 2 amide bonds. The molecule has 2 aliphatic heterocycles. The molecule has 1 fully saturated rings. The van der Waals surface area contributed by atoms with E-state index in [1.165, 1.54) is 16.7 Å². The fourth-order valence-corrected chi connectivity index (χ4v) is 7.85. The number of fused-ring (bicyclic) bond motifs is 2. The topological polar surface area (TPSA) is 88.7 Å². The number of hydrogen-bond acceptors (Lipinski definition) is 7. The molecule has 6 rings (SSSR count). The van der Waals surface area contributed by atoms with Crippen LogP contribution in [0.2, 0.25) is 5.02 Å². The number of nitrogens with zero attached hydrogens (tertiary/aromatic N) is 1. The number of methoxy groups -OCH3 is 1. The Morgan fingerprint density at radius 2 is 1.77 bits per heavy atom. The number of halogens is 1. The van der Waals surface area contributed by atoms with Gasteiger partial charge in [-0.25, -0.2) is 4.90 Å². The predicted octanol–water partition coefficient (Wildman–Crippen LogP) is 5.78. The molecule has 0 unspecified atom stereocenters. The number of thiazole rings is 1. The highest BCUT2D eigenvalue weighted by atomic mass is 35.5. The van der Waals surface area contributed by atoms with Gasteiger partial charge in [0.25, 0.3) is 0 Å². The smallest absolute Gasteiger partial charge is 0.305 e. The van der Waals surface area contributed by atoms with Crippen LogP contribution in [0.5, 0.6) is 11.5 Å². The second-order valence-electron chi connectivity index (χ2n) is 9.36. The number of benzene rings is 3. The van der Waals surface area contributed by atoms with Gasteiger partial charge in [0.1, 0.15) is 23.4 Å². The lowest BCUT2D eigenvalue weighted by atomic mass is 9.82. The largest absolute Gasteiger partial charge is 0.497 e. The van der Waals surface area contributed by atoms with Gasteiger partial charge in [-0.2, -0.15) is 0 Å². The molecule has 0 bridgehead atoms. The van der Waals surface area contributed by atoms with Crippen molar-refractivity contribution in [2.24, 2.45) is 5.92 Å². The molecule has 10 heteroatoms. The molecule has 198 valence electrons. The molecule has 0 radical (unpaired) electrons. The van der Waals surface area contributed by atoms with Crippen molar-refractivity contribution in [1.29, 1.82) is 0 Å². The van der Waals surface area contributed by atoms with E-state index in [2.05, 4.69) is 4.98 Å². The lowest BCUT2D eigenvalue weighted by Crippen LogP contribution is -2.32. The van der Waals surface area contributed by atoms with Crippen LogP contribution in [0.4, 0.5) is 5.69 Å². The van der Waals surface area contributed by atoms with Crippen LogP contribution in [0.25, 0.3) is 0 Å². The van der Waals surface area contributed by atoms with Gasteiger partial charge < -0.3 is 14.5 Å². The Morgan fingerprint density at radius 3 is 2.51 bits per heavy atom. The van der Waals surface area contributed by atoms with Crippen molar-refractivity contribution in [1.82, 2.24) is 4.98 Å². The number of carbonyl (C=O) groups excluding carboxylic acids is 2. The number of aromatic amines is 1. The van der Waals surface area contributed by atoms with Gasteiger partial charge in [-0.05, 0) is 60.5 Å². The summed E-state index contributed by atoms with van der Waals surface area (Å²) in [4.78, 5) is 44.8. The van der Waals surface area contributed by atoms with Crippen LogP contribution in [0.3, 0.4) is 0 Å². The van der Waals surface area contributed by atoms with Gasteiger partial charge in [0.05, 0.1) is 23.7 Å². The summed E-state index contributed by atoms with van der Waals surface area (Å²) in [5.74, 6) is -0.829. The second kappa shape index (κ2) is 10.2. The zero-order valence-corrected chi connectivity index (χ0v) is 23.4. The first-order chi connectivity index (χ1) is 18.9. The van der Waals surface area contributed by atoms with E-state index in [9.17, 15) is 14.4 Å². The van der Waals surface area contributed by atoms with Crippen molar-refractivity contribution in [3.8, 4) is 11.5 Å². The number of nitrogens with one attached hydrogen (secondary N) is 1.